The van der Waals surface area contributed by atoms with E-state index in [2.05, 4.69) is 10.3 Å². The fourth-order valence-corrected chi connectivity index (χ4v) is 1.09. The Morgan fingerprint density at radius 2 is 2.17 bits per heavy atom. The Labute approximate surface area is 72.5 Å². The zero-order chi connectivity index (χ0) is 9.19. The van der Waals surface area contributed by atoms with Gasteiger partial charge in [-0.25, -0.2) is 0 Å². The van der Waals surface area contributed by atoms with Crippen LogP contribution in [0.15, 0.2) is 18.3 Å². The minimum atomic E-state index is -0.889. The summed E-state index contributed by atoms with van der Waals surface area (Å²) in [7, 11) is 1.81. The van der Waals surface area contributed by atoms with E-state index in [1.165, 1.54) is 0 Å². The van der Waals surface area contributed by atoms with Gasteiger partial charge in [-0.3, -0.25) is 4.98 Å². The first-order valence-corrected chi connectivity index (χ1v) is 3.91. The molecule has 0 bridgehead atoms. The monoisotopic (exact) mass is 166 g/mol. The number of aliphatic hydroxyl groups is 1. The topological polar surface area (TPSA) is 45.2 Å². The number of anilines is 1. The molecule has 0 saturated carbocycles. The summed E-state index contributed by atoms with van der Waals surface area (Å²) in [6.45, 7) is 3.44. The smallest absolute Gasteiger partial charge is 0.103 e. The van der Waals surface area contributed by atoms with E-state index in [1.807, 2.05) is 19.2 Å². The molecule has 0 amide bonds. The van der Waals surface area contributed by atoms with Gasteiger partial charge in [0.2, 0.25) is 0 Å². The van der Waals surface area contributed by atoms with Crippen molar-refractivity contribution < 1.29 is 5.11 Å². The van der Waals surface area contributed by atoms with Crippen molar-refractivity contribution in [2.24, 2.45) is 0 Å². The number of pyridine rings is 1. The van der Waals surface area contributed by atoms with Gasteiger partial charge in [0, 0.05) is 13.2 Å². The zero-order valence-electron chi connectivity index (χ0n) is 7.63. The van der Waals surface area contributed by atoms with E-state index in [0.29, 0.717) is 5.69 Å². The van der Waals surface area contributed by atoms with Gasteiger partial charge in [0.05, 0.1) is 11.4 Å². The van der Waals surface area contributed by atoms with Crippen LogP contribution in [0, 0.1) is 0 Å². The molecule has 0 saturated heterocycles. The standard InChI is InChI=1S/C9H14N2O/c1-9(2,12)8-7(10-3)5-4-6-11-8/h4-6,10,12H,1-3H3. The van der Waals surface area contributed by atoms with Crippen molar-refractivity contribution >= 4 is 5.69 Å². The second-order valence-electron chi connectivity index (χ2n) is 3.21. The average Bonchev–Trinajstić information content (AvgIpc) is 2.03. The van der Waals surface area contributed by atoms with Crippen molar-refractivity contribution in [2.75, 3.05) is 12.4 Å². The van der Waals surface area contributed by atoms with E-state index in [-0.39, 0.29) is 0 Å². The molecule has 0 aliphatic rings. The average molecular weight is 166 g/mol. The van der Waals surface area contributed by atoms with Crippen LogP contribution in [0.2, 0.25) is 0 Å². The van der Waals surface area contributed by atoms with Gasteiger partial charge in [0.1, 0.15) is 5.60 Å². The Balaban J connectivity index is 3.14. The third kappa shape index (κ3) is 1.74. The van der Waals surface area contributed by atoms with E-state index in [4.69, 9.17) is 0 Å². The molecule has 0 fully saturated rings. The quantitative estimate of drug-likeness (QED) is 0.697. The maximum absolute atomic E-state index is 9.70. The van der Waals surface area contributed by atoms with Crippen LogP contribution in [0.3, 0.4) is 0 Å². The van der Waals surface area contributed by atoms with Gasteiger partial charge in [0.15, 0.2) is 0 Å². The highest BCUT2D eigenvalue weighted by Gasteiger charge is 2.20. The molecule has 1 heterocycles. The van der Waals surface area contributed by atoms with Gasteiger partial charge >= 0.3 is 0 Å². The third-order valence-electron chi connectivity index (χ3n) is 1.66. The molecule has 66 valence electrons. The van der Waals surface area contributed by atoms with Gasteiger partial charge in [-0.15, -0.1) is 0 Å². The maximum atomic E-state index is 9.70. The van der Waals surface area contributed by atoms with Crippen LogP contribution in [0.5, 0.6) is 0 Å². The van der Waals surface area contributed by atoms with Crippen LogP contribution in [-0.4, -0.2) is 17.1 Å². The Bertz CT molecular complexity index is 265. The second-order valence-corrected chi connectivity index (χ2v) is 3.21. The van der Waals surface area contributed by atoms with Crippen molar-refractivity contribution in [3.8, 4) is 0 Å². The summed E-state index contributed by atoms with van der Waals surface area (Å²) < 4.78 is 0. The zero-order valence-corrected chi connectivity index (χ0v) is 7.63. The van der Waals surface area contributed by atoms with Crippen LogP contribution in [-0.2, 0) is 5.60 Å². The van der Waals surface area contributed by atoms with Crippen LogP contribution in [0.1, 0.15) is 19.5 Å². The van der Waals surface area contributed by atoms with Crippen molar-refractivity contribution in [1.82, 2.24) is 4.98 Å². The number of nitrogens with zero attached hydrogens (tertiary/aromatic N) is 1. The number of nitrogens with one attached hydrogen (secondary N) is 1. The van der Waals surface area contributed by atoms with Gasteiger partial charge < -0.3 is 10.4 Å². The van der Waals surface area contributed by atoms with Crippen molar-refractivity contribution in [2.45, 2.75) is 19.4 Å². The van der Waals surface area contributed by atoms with Gasteiger partial charge in [-0.1, -0.05) is 0 Å². The molecule has 0 unspecified atom stereocenters. The molecule has 1 rings (SSSR count). The van der Waals surface area contributed by atoms with Gasteiger partial charge in [-0.05, 0) is 26.0 Å². The summed E-state index contributed by atoms with van der Waals surface area (Å²) in [6.07, 6.45) is 1.67. The van der Waals surface area contributed by atoms with Crippen molar-refractivity contribution in [3.63, 3.8) is 0 Å². The highest BCUT2D eigenvalue weighted by atomic mass is 16.3. The van der Waals surface area contributed by atoms with E-state index in [9.17, 15) is 5.11 Å². The van der Waals surface area contributed by atoms with Gasteiger partial charge in [0.25, 0.3) is 0 Å². The highest BCUT2D eigenvalue weighted by Crippen LogP contribution is 2.24. The lowest BCUT2D eigenvalue weighted by molar-refractivity contribution is 0.0747. The van der Waals surface area contributed by atoms with E-state index >= 15 is 0 Å². The summed E-state index contributed by atoms with van der Waals surface area (Å²) in [6, 6.07) is 3.72. The van der Waals surface area contributed by atoms with Crippen LogP contribution in [0.4, 0.5) is 5.69 Å². The second kappa shape index (κ2) is 3.11. The summed E-state index contributed by atoms with van der Waals surface area (Å²) in [5, 5.41) is 12.7. The van der Waals surface area contributed by atoms with E-state index in [1.54, 1.807) is 20.0 Å². The summed E-state index contributed by atoms with van der Waals surface area (Å²) in [4.78, 5) is 4.11. The molecule has 12 heavy (non-hydrogen) atoms. The number of hydrogen-bond acceptors (Lipinski definition) is 3. The third-order valence-corrected chi connectivity index (χ3v) is 1.66. The predicted molar refractivity (Wildman–Crippen MR) is 49.0 cm³/mol. The summed E-state index contributed by atoms with van der Waals surface area (Å²) >= 11 is 0. The van der Waals surface area contributed by atoms with Crippen molar-refractivity contribution in [3.05, 3.63) is 24.0 Å². The normalized spacial score (nSPS) is 11.3. The van der Waals surface area contributed by atoms with Crippen LogP contribution < -0.4 is 5.32 Å². The number of aromatic nitrogens is 1. The lowest BCUT2D eigenvalue weighted by Crippen LogP contribution is -2.19. The first-order valence-electron chi connectivity index (χ1n) is 3.91. The first-order chi connectivity index (χ1) is 5.55. The Morgan fingerprint density at radius 3 is 2.58 bits per heavy atom. The molecule has 2 N–H and O–H groups in total. The van der Waals surface area contributed by atoms with E-state index < -0.39 is 5.60 Å². The first kappa shape index (κ1) is 9.00. The Kier molecular flexibility index (Phi) is 2.33. The molecule has 0 spiro atoms. The van der Waals surface area contributed by atoms with E-state index in [0.717, 1.165) is 5.69 Å². The lowest BCUT2D eigenvalue weighted by atomic mass is 10.0. The molecule has 0 radical (unpaired) electrons. The van der Waals surface area contributed by atoms with Crippen LogP contribution in [0.25, 0.3) is 0 Å². The molecular weight excluding hydrogens is 152 g/mol. The lowest BCUT2D eigenvalue weighted by Gasteiger charge is -2.19. The molecule has 0 aliphatic heterocycles. The molecule has 1 aromatic rings. The molecule has 0 aliphatic carbocycles. The van der Waals surface area contributed by atoms with Crippen LogP contribution >= 0.6 is 0 Å². The molecule has 1 aromatic heterocycles. The number of hydrogen-bond donors (Lipinski definition) is 2. The Morgan fingerprint density at radius 1 is 1.50 bits per heavy atom. The van der Waals surface area contributed by atoms with Gasteiger partial charge in [-0.2, -0.15) is 0 Å². The minimum absolute atomic E-state index is 0.674. The number of rotatable bonds is 2. The highest BCUT2D eigenvalue weighted by molar-refractivity contribution is 5.48. The maximum Gasteiger partial charge on any atom is 0.103 e. The molecule has 3 nitrogen and oxygen atoms in total. The largest absolute Gasteiger partial charge is 0.387 e. The summed E-state index contributed by atoms with van der Waals surface area (Å²) in [5.41, 5.74) is 0.650. The van der Waals surface area contributed by atoms with Crippen molar-refractivity contribution in [1.29, 1.82) is 0 Å². The Hall–Kier alpha value is -1.09. The SMILES string of the molecule is CNc1cccnc1C(C)(C)O. The summed E-state index contributed by atoms with van der Waals surface area (Å²) in [5.74, 6) is 0. The molecular formula is C9H14N2O. The predicted octanol–water partition coefficient (Wildman–Crippen LogP) is 1.35. The molecule has 0 atom stereocenters. The minimum Gasteiger partial charge on any atom is -0.387 e. The fourth-order valence-electron chi connectivity index (χ4n) is 1.09. The molecule has 0 aromatic carbocycles. The fraction of sp³-hybridized carbons (Fsp3) is 0.444. The molecule has 3 heteroatoms.